The van der Waals surface area contributed by atoms with Crippen molar-refractivity contribution in [2.75, 3.05) is 13.2 Å². The molecule has 0 amide bonds. The van der Waals surface area contributed by atoms with E-state index >= 15 is 0 Å². The molecule has 1 aromatic carbocycles. The Hall–Kier alpha value is -1.84. The lowest BCUT2D eigenvalue weighted by molar-refractivity contribution is -0.174. The predicted octanol–water partition coefficient (Wildman–Crippen LogP) is 3.02. The Bertz CT molecular complexity index is 556. The molecule has 0 saturated carbocycles. The first kappa shape index (κ1) is 16.5. The van der Waals surface area contributed by atoms with E-state index in [0.29, 0.717) is 12.8 Å². The average Bonchev–Trinajstić information content (AvgIpc) is 2.47. The van der Waals surface area contributed by atoms with Crippen LogP contribution in [0.1, 0.15) is 45.2 Å². The Labute approximate surface area is 131 Å². The number of benzene rings is 1. The number of rotatable bonds is 4. The lowest BCUT2D eigenvalue weighted by Crippen LogP contribution is -2.50. The number of esters is 2. The normalized spacial score (nSPS) is 18.2. The minimum absolute atomic E-state index is 0.252. The standard InChI is InChI=1S/C18H24O4/c1-5-21-15(19)18(16(20)22-6-2)11-13-9-7-8-10-14(13)17(3,4)12-18/h7-10H,5-6,11-12H2,1-4H3. The van der Waals surface area contributed by atoms with E-state index in [9.17, 15) is 9.59 Å². The molecule has 0 spiro atoms. The van der Waals surface area contributed by atoms with Crippen molar-refractivity contribution in [1.29, 1.82) is 0 Å². The lowest BCUT2D eigenvalue weighted by Gasteiger charge is -2.42. The van der Waals surface area contributed by atoms with E-state index < -0.39 is 17.4 Å². The van der Waals surface area contributed by atoms with Crippen LogP contribution in [0.25, 0.3) is 0 Å². The molecule has 0 aromatic heterocycles. The summed E-state index contributed by atoms with van der Waals surface area (Å²) in [6.45, 7) is 8.11. The minimum Gasteiger partial charge on any atom is -0.465 e. The molecule has 0 radical (unpaired) electrons. The molecule has 120 valence electrons. The van der Waals surface area contributed by atoms with Crippen molar-refractivity contribution in [3.8, 4) is 0 Å². The highest BCUT2D eigenvalue weighted by Gasteiger charge is 2.55. The molecule has 0 heterocycles. The van der Waals surface area contributed by atoms with E-state index in [1.807, 2.05) is 18.2 Å². The summed E-state index contributed by atoms with van der Waals surface area (Å²) in [5.41, 5.74) is 0.650. The molecular weight excluding hydrogens is 280 g/mol. The largest absolute Gasteiger partial charge is 0.465 e. The molecule has 0 saturated heterocycles. The van der Waals surface area contributed by atoms with Gasteiger partial charge in [0, 0.05) is 0 Å². The molecule has 1 aliphatic rings. The fourth-order valence-corrected chi connectivity index (χ4v) is 3.48. The van der Waals surface area contributed by atoms with E-state index in [1.165, 1.54) is 5.56 Å². The van der Waals surface area contributed by atoms with E-state index in [1.54, 1.807) is 13.8 Å². The minimum atomic E-state index is -1.25. The van der Waals surface area contributed by atoms with Crippen LogP contribution >= 0.6 is 0 Å². The number of ether oxygens (including phenoxy) is 2. The van der Waals surface area contributed by atoms with Crippen LogP contribution < -0.4 is 0 Å². The average molecular weight is 304 g/mol. The summed E-state index contributed by atoms with van der Waals surface area (Å²) in [6, 6.07) is 7.96. The first-order valence-corrected chi connectivity index (χ1v) is 7.80. The fraction of sp³-hybridized carbons (Fsp3) is 0.556. The second kappa shape index (κ2) is 6.11. The molecule has 0 aliphatic heterocycles. The summed E-state index contributed by atoms with van der Waals surface area (Å²) in [7, 11) is 0. The number of hydrogen-bond acceptors (Lipinski definition) is 4. The van der Waals surface area contributed by atoms with Gasteiger partial charge in [-0.15, -0.1) is 0 Å². The van der Waals surface area contributed by atoms with Crippen molar-refractivity contribution in [3.05, 3.63) is 35.4 Å². The number of hydrogen-bond donors (Lipinski definition) is 0. The Morgan fingerprint density at radius 1 is 1.05 bits per heavy atom. The molecule has 4 heteroatoms. The van der Waals surface area contributed by atoms with Gasteiger partial charge in [-0.05, 0) is 43.2 Å². The van der Waals surface area contributed by atoms with E-state index in [2.05, 4.69) is 19.9 Å². The second-order valence-corrected chi connectivity index (χ2v) is 6.42. The Balaban J connectivity index is 2.52. The summed E-state index contributed by atoms with van der Waals surface area (Å²) in [5, 5.41) is 0. The molecule has 22 heavy (non-hydrogen) atoms. The van der Waals surface area contributed by atoms with Crippen LogP contribution in [0.5, 0.6) is 0 Å². The van der Waals surface area contributed by atoms with Gasteiger partial charge in [0.15, 0.2) is 5.41 Å². The van der Waals surface area contributed by atoms with Crippen molar-refractivity contribution in [2.45, 2.75) is 46.0 Å². The van der Waals surface area contributed by atoms with Gasteiger partial charge in [0.2, 0.25) is 0 Å². The molecule has 2 rings (SSSR count). The highest BCUT2D eigenvalue weighted by Crippen LogP contribution is 2.47. The highest BCUT2D eigenvalue weighted by molar-refractivity contribution is 6.01. The Kier molecular flexibility index (Phi) is 4.59. The zero-order valence-corrected chi connectivity index (χ0v) is 13.8. The van der Waals surface area contributed by atoms with Gasteiger partial charge >= 0.3 is 11.9 Å². The highest BCUT2D eigenvalue weighted by atomic mass is 16.6. The molecule has 0 N–H and O–H groups in total. The van der Waals surface area contributed by atoms with Gasteiger partial charge < -0.3 is 9.47 Å². The maximum absolute atomic E-state index is 12.6. The van der Waals surface area contributed by atoms with Crippen molar-refractivity contribution in [1.82, 2.24) is 0 Å². The van der Waals surface area contributed by atoms with E-state index in [-0.39, 0.29) is 18.6 Å². The summed E-state index contributed by atoms with van der Waals surface area (Å²) in [4.78, 5) is 25.2. The van der Waals surface area contributed by atoms with Crippen LogP contribution in [0, 0.1) is 5.41 Å². The van der Waals surface area contributed by atoms with Gasteiger partial charge in [-0.25, -0.2) is 0 Å². The molecule has 0 bridgehead atoms. The zero-order chi connectivity index (χ0) is 16.4. The molecule has 0 unspecified atom stereocenters. The third kappa shape index (κ3) is 2.74. The molecule has 4 nitrogen and oxygen atoms in total. The third-order valence-corrected chi connectivity index (χ3v) is 4.31. The monoisotopic (exact) mass is 304 g/mol. The van der Waals surface area contributed by atoms with Crippen molar-refractivity contribution < 1.29 is 19.1 Å². The van der Waals surface area contributed by atoms with Crippen molar-refractivity contribution in [2.24, 2.45) is 5.41 Å². The lowest BCUT2D eigenvalue weighted by atomic mass is 9.61. The Morgan fingerprint density at radius 3 is 2.14 bits per heavy atom. The number of fused-ring (bicyclic) bond motifs is 1. The zero-order valence-electron chi connectivity index (χ0n) is 13.8. The maximum atomic E-state index is 12.6. The summed E-state index contributed by atoms with van der Waals surface area (Å²) in [6.07, 6.45) is 0.735. The SMILES string of the molecule is CCOC(=O)C1(C(=O)OCC)Cc2ccccc2C(C)(C)C1. The maximum Gasteiger partial charge on any atom is 0.323 e. The first-order chi connectivity index (χ1) is 10.4. The third-order valence-electron chi connectivity index (χ3n) is 4.31. The van der Waals surface area contributed by atoms with Gasteiger partial charge in [0.05, 0.1) is 13.2 Å². The van der Waals surface area contributed by atoms with Gasteiger partial charge in [-0.2, -0.15) is 0 Å². The smallest absolute Gasteiger partial charge is 0.323 e. The molecule has 1 aromatic rings. The summed E-state index contributed by atoms with van der Waals surface area (Å²) < 4.78 is 10.4. The molecule has 0 atom stereocenters. The number of carbonyl (C=O) groups is 2. The Morgan fingerprint density at radius 2 is 1.59 bits per heavy atom. The summed E-state index contributed by atoms with van der Waals surface area (Å²) in [5.74, 6) is -0.952. The van der Waals surface area contributed by atoms with E-state index in [0.717, 1.165) is 5.56 Å². The molecular formula is C18H24O4. The molecule has 1 aliphatic carbocycles. The van der Waals surface area contributed by atoms with Crippen molar-refractivity contribution in [3.63, 3.8) is 0 Å². The van der Waals surface area contributed by atoms with Crippen LogP contribution in [-0.4, -0.2) is 25.2 Å². The van der Waals surface area contributed by atoms with Crippen LogP contribution in [0.2, 0.25) is 0 Å². The van der Waals surface area contributed by atoms with Crippen molar-refractivity contribution >= 4 is 11.9 Å². The van der Waals surface area contributed by atoms with Gasteiger partial charge in [-0.3, -0.25) is 9.59 Å². The van der Waals surface area contributed by atoms with Crippen LogP contribution in [0.15, 0.2) is 24.3 Å². The van der Waals surface area contributed by atoms with Crippen LogP contribution in [0.4, 0.5) is 0 Å². The van der Waals surface area contributed by atoms with Crippen LogP contribution in [-0.2, 0) is 30.9 Å². The van der Waals surface area contributed by atoms with Crippen LogP contribution in [0.3, 0.4) is 0 Å². The summed E-state index contributed by atoms with van der Waals surface area (Å²) >= 11 is 0. The quantitative estimate of drug-likeness (QED) is 0.634. The predicted molar refractivity (Wildman–Crippen MR) is 83.5 cm³/mol. The number of carbonyl (C=O) groups excluding carboxylic acids is 2. The van der Waals surface area contributed by atoms with Gasteiger partial charge in [0.1, 0.15) is 0 Å². The second-order valence-electron chi connectivity index (χ2n) is 6.42. The fourth-order valence-electron chi connectivity index (χ4n) is 3.48. The van der Waals surface area contributed by atoms with E-state index in [4.69, 9.17) is 9.47 Å². The topological polar surface area (TPSA) is 52.6 Å². The first-order valence-electron chi connectivity index (χ1n) is 7.80. The molecule has 0 fully saturated rings. The van der Waals surface area contributed by atoms with Gasteiger partial charge in [-0.1, -0.05) is 38.1 Å². The van der Waals surface area contributed by atoms with Gasteiger partial charge in [0.25, 0.3) is 0 Å².